The van der Waals surface area contributed by atoms with Crippen molar-refractivity contribution in [2.75, 3.05) is 5.32 Å². The molecule has 1 atom stereocenters. The molecular formula is C25H29N3O5S. The first-order valence-corrected chi connectivity index (χ1v) is 12.3. The maximum absolute atomic E-state index is 13.0. The van der Waals surface area contributed by atoms with Crippen molar-refractivity contribution in [1.82, 2.24) is 10.0 Å². The number of benzene rings is 2. The van der Waals surface area contributed by atoms with E-state index >= 15 is 0 Å². The largest absolute Gasteiger partial charge is 0.459 e. The quantitative estimate of drug-likeness (QED) is 0.451. The van der Waals surface area contributed by atoms with Crippen LogP contribution in [0.5, 0.6) is 0 Å². The highest BCUT2D eigenvalue weighted by molar-refractivity contribution is 7.89. The molecule has 3 rings (SSSR count). The fourth-order valence-electron chi connectivity index (χ4n) is 3.58. The molecule has 3 aromatic rings. The van der Waals surface area contributed by atoms with Crippen LogP contribution in [0.2, 0.25) is 0 Å². The molecule has 0 bridgehead atoms. The minimum Gasteiger partial charge on any atom is -0.459 e. The molecule has 8 nitrogen and oxygen atoms in total. The summed E-state index contributed by atoms with van der Waals surface area (Å²) in [6, 6.07) is 11.1. The summed E-state index contributed by atoms with van der Waals surface area (Å²) < 4.78 is 33.6. The van der Waals surface area contributed by atoms with E-state index in [4.69, 9.17) is 4.42 Å². The molecule has 2 amide bonds. The van der Waals surface area contributed by atoms with E-state index in [2.05, 4.69) is 15.4 Å². The minimum atomic E-state index is -3.89. The zero-order chi connectivity index (χ0) is 25.0. The van der Waals surface area contributed by atoms with Crippen molar-refractivity contribution in [3.8, 4) is 0 Å². The van der Waals surface area contributed by atoms with Gasteiger partial charge >= 0.3 is 0 Å². The summed E-state index contributed by atoms with van der Waals surface area (Å²) in [5, 5.41) is 5.46. The normalized spacial score (nSPS) is 12.3. The number of aryl methyl sites for hydroxylation is 2. The lowest BCUT2D eigenvalue weighted by molar-refractivity contribution is -0.122. The molecule has 0 radical (unpaired) electrons. The van der Waals surface area contributed by atoms with Gasteiger partial charge in [-0.25, -0.2) is 8.42 Å². The highest BCUT2D eigenvalue weighted by Gasteiger charge is 2.26. The first-order chi connectivity index (χ1) is 16.0. The molecule has 1 aromatic heterocycles. The lowest BCUT2D eigenvalue weighted by Gasteiger charge is -2.19. The van der Waals surface area contributed by atoms with Gasteiger partial charge in [-0.05, 0) is 86.7 Å². The van der Waals surface area contributed by atoms with Crippen LogP contribution in [0.3, 0.4) is 0 Å². The standard InChI is InChI=1S/C25H29N3O5S/c1-15-13-16(2)18(4)23(17(15)3)34(31,32)28-19(5)24(29)26-14-20-8-10-21(11-9-20)27-25(30)22-7-6-12-33-22/h6-13,19,28H,14H2,1-5H3,(H,26,29)(H,27,30). The summed E-state index contributed by atoms with van der Waals surface area (Å²) in [5.41, 5.74) is 4.47. The first kappa shape index (κ1) is 25.2. The maximum atomic E-state index is 13.0. The van der Waals surface area contributed by atoms with Gasteiger partial charge in [-0.1, -0.05) is 18.2 Å². The average molecular weight is 484 g/mol. The van der Waals surface area contributed by atoms with Gasteiger partial charge in [0.15, 0.2) is 5.76 Å². The Balaban J connectivity index is 1.59. The van der Waals surface area contributed by atoms with E-state index in [0.717, 1.165) is 16.7 Å². The van der Waals surface area contributed by atoms with Crippen LogP contribution >= 0.6 is 0 Å². The van der Waals surface area contributed by atoms with Crippen LogP contribution in [0, 0.1) is 27.7 Å². The monoisotopic (exact) mass is 483 g/mol. The molecule has 0 fully saturated rings. The van der Waals surface area contributed by atoms with Gasteiger partial charge in [0.1, 0.15) is 0 Å². The van der Waals surface area contributed by atoms with Crippen molar-refractivity contribution < 1.29 is 22.4 Å². The second kappa shape index (κ2) is 10.2. The number of anilines is 1. The number of carbonyl (C=O) groups excluding carboxylic acids is 2. The van der Waals surface area contributed by atoms with Gasteiger partial charge in [-0.15, -0.1) is 0 Å². The number of sulfonamides is 1. The summed E-state index contributed by atoms with van der Waals surface area (Å²) >= 11 is 0. The molecule has 34 heavy (non-hydrogen) atoms. The Morgan fingerprint density at radius 1 is 0.971 bits per heavy atom. The third-order valence-electron chi connectivity index (χ3n) is 5.71. The molecule has 0 aliphatic carbocycles. The Morgan fingerprint density at radius 3 is 2.15 bits per heavy atom. The zero-order valence-corrected chi connectivity index (χ0v) is 20.7. The number of nitrogens with one attached hydrogen (secondary N) is 3. The topological polar surface area (TPSA) is 118 Å². The lowest BCUT2D eigenvalue weighted by atomic mass is 10.0. The van der Waals surface area contributed by atoms with Crippen LogP contribution in [-0.4, -0.2) is 26.3 Å². The van der Waals surface area contributed by atoms with Crippen molar-refractivity contribution in [2.24, 2.45) is 0 Å². The third kappa shape index (κ3) is 5.73. The highest BCUT2D eigenvalue weighted by atomic mass is 32.2. The van der Waals surface area contributed by atoms with Gasteiger partial charge in [0.25, 0.3) is 5.91 Å². The SMILES string of the molecule is Cc1cc(C)c(C)c(S(=O)(=O)NC(C)C(=O)NCc2ccc(NC(=O)c3ccco3)cc2)c1C. The van der Waals surface area contributed by atoms with Crippen LogP contribution in [0.1, 0.15) is 45.3 Å². The van der Waals surface area contributed by atoms with Gasteiger partial charge in [0.05, 0.1) is 17.2 Å². The predicted octanol–water partition coefficient (Wildman–Crippen LogP) is 3.75. The van der Waals surface area contributed by atoms with Gasteiger partial charge in [-0.3, -0.25) is 9.59 Å². The van der Waals surface area contributed by atoms with Gasteiger partial charge < -0.3 is 15.1 Å². The van der Waals surface area contributed by atoms with E-state index in [1.54, 1.807) is 50.2 Å². The molecule has 0 saturated carbocycles. The maximum Gasteiger partial charge on any atom is 0.291 e. The van der Waals surface area contributed by atoms with Crippen molar-refractivity contribution in [2.45, 2.75) is 52.1 Å². The first-order valence-electron chi connectivity index (χ1n) is 10.8. The second-order valence-corrected chi connectivity index (χ2v) is 9.93. The smallest absolute Gasteiger partial charge is 0.291 e. The summed E-state index contributed by atoms with van der Waals surface area (Å²) in [6.45, 7) is 8.98. The Bertz CT molecular complexity index is 1270. The van der Waals surface area contributed by atoms with Crippen molar-refractivity contribution in [3.63, 3.8) is 0 Å². The van der Waals surface area contributed by atoms with Crippen molar-refractivity contribution in [3.05, 3.63) is 82.3 Å². The third-order valence-corrected chi connectivity index (χ3v) is 7.53. The predicted molar refractivity (Wildman–Crippen MR) is 130 cm³/mol. The molecule has 1 unspecified atom stereocenters. The lowest BCUT2D eigenvalue weighted by Crippen LogP contribution is -2.44. The zero-order valence-electron chi connectivity index (χ0n) is 19.9. The summed E-state index contributed by atoms with van der Waals surface area (Å²) in [7, 11) is -3.89. The Hall–Kier alpha value is -3.43. The van der Waals surface area contributed by atoms with Crippen LogP contribution < -0.4 is 15.4 Å². The molecule has 2 aromatic carbocycles. The highest BCUT2D eigenvalue weighted by Crippen LogP contribution is 2.26. The fraction of sp³-hybridized carbons (Fsp3) is 0.280. The van der Waals surface area contributed by atoms with Crippen molar-refractivity contribution in [1.29, 1.82) is 0 Å². The van der Waals surface area contributed by atoms with Crippen molar-refractivity contribution >= 4 is 27.5 Å². The molecule has 0 spiro atoms. The molecule has 9 heteroatoms. The molecule has 0 saturated heterocycles. The molecule has 0 aliphatic heterocycles. The number of amides is 2. The Kier molecular flexibility index (Phi) is 7.58. The van der Waals surface area contributed by atoms with Crippen LogP contribution in [0.4, 0.5) is 5.69 Å². The number of carbonyl (C=O) groups is 2. The van der Waals surface area contributed by atoms with E-state index in [9.17, 15) is 18.0 Å². The van der Waals surface area contributed by atoms with Crippen LogP contribution in [0.25, 0.3) is 0 Å². The molecule has 3 N–H and O–H groups in total. The molecule has 0 aliphatic rings. The van der Waals surface area contributed by atoms with Gasteiger partial charge in [0.2, 0.25) is 15.9 Å². The summed E-state index contributed by atoms with van der Waals surface area (Å²) in [4.78, 5) is 24.8. The van der Waals surface area contributed by atoms with E-state index in [1.807, 2.05) is 19.9 Å². The summed E-state index contributed by atoms with van der Waals surface area (Å²) in [5.74, 6) is -0.598. The number of rotatable bonds is 8. The molecule has 180 valence electrons. The number of hydrogen-bond acceptors (Lipinski definition) is 5. The average Bonchev–Trinajstić information content (AvgIpc) is 3.32. The van der Waals surface area contributed by atoms with Gasteiger partial charge in [-0.2, -0.15) is 4.72 Å². The van der Waals surface area contributed by atoms with E-state index in [0.29, 0.717) is 16.8 Å². The number of furan rings is 1. The fourth-order valence-corrected chi connectivity index (χ4v) is 5.40. The molecular weight excluding hydrogens is 454 g/mol. The summed E-state index contributed by atoms with van der Waals surface area (Å²) in [6.07, 6.45) is 1.42. The van der Waals surface area contributed by atoms with Crippen LogP contribution in [0.15, 0.2) is 58.0 Å². The van der Waals surface area contributed by atoms with E-state index in [1.165, 1.54) is 13.2 Å². The van der Waals surface area contributed by atoms with E-state index in [-0.39, 0.29) is 23.1 Å². The Labute approximate surface area is 199 Å². The van der Waals surface area contributed by atoms with Crippen LogP contribution in [-0.2, 0) is 21.4 Å². The van der Waals surface area contributed by atoms with E-state index < -0.39 is 22.0 Å². The Morgan fingerprint density at radius 2 is 1.59 bits per heavy atom. The number of hydrogen-bond donors (Lipinski definition) is 3. The minimum absolute atomic E-state index is 0.207. The molecule has 1 heterocycles. The van der Waals surface area contributed by atoms with Gasteiger partial charge in [0, 0.05) is 12.2 Å². The second-order valence-electron chi connectivity index (χ2n) is 8.28.